The maximum atomic E-state index is 9.52. The van der Waals surface area contributed by atoms with Crippen molar-refractivity contribution < 1.29 is 14.6 Å². The van der Waals surface area contributed by atoms with Crippen molar-refractivity contribution in [3.63, 3.8) is 0 Å². The summed E-state index contributed by atoms with van der Waals surface area (Å²) in [7, 11) is 0. The smallest absolute Gasteiger partial charge is 0.161 e. The van der Waals surface area contributed by atoms with Crippen molar-refractivity contribution >= 4 is 0 Å². The monoisotopic (exact) mass is 281 g/mol. The topological polar surface area (TPSA) is 64.7 Å². The molecule has 0 saturated carbocycles. The quantitative estimate of drug-likeness (QED) is 0.691. The Labute approximate surface area is 121 Å². The predicted octanol–water partition coefficient (Wildman–Crippen LogP) is 2.52. The van der Waals surface area contributed by atoms with Gasteiger partial charge in [0.05, 0.1) is 19.3 Å². The van der Waals surface area contributed by atoms with Crippen molar-refractivity contribution in [1.29, 1.82) is 0 Å². The number of ether oxygens (including phenoxy) is 2. The Kier molecular flexibility index (Phi) is 8.07. The van der Waals surface area contributed by atoms with Crippen molar-refractivity contribution in [2.75, 3.05) is 19.8 Å². The highest BCUT2D eigenvalue weighted by molar-refractivity contribution is 5.43. The van der Waals surface area contributed by atoms with E-state index in [0.29, 0.717) is 26.2 Å². The van der Waals surface area contributed by atoms with Gasteiger partial charge >= 0.3 is 0 Å². The number of benzene rings is 1. The molecule has 0 bridgehead atoms. The fourth-order valence-electron chi connectivity index (χ4n) is 1.82. The summed E-state index contributed by atoms with van der Waals surface area (Å²) in [6.07, 6.45) is 2.94. The molecule has 0 aliphatic rings. The molecule has 0 heterocycles. The summed E-state index contributed by atoms with van der Waals surface area (Å²) in [5.74, 6) is 1.59. The van der Waals surface area contributed by atoms with E-state index in [4.69, 9.17) is 15.2 Å². The van der Waals surface area contributed by atoms with Crippen LogP contribution in [0, 0.1) is 0 Å². The summed E-state index contributed by atoms with van der Waals surface area (Å²) < 4.78 is 11.4. The zero-order valence-corrected chi connectivity index (χ0v) is 12.6. The van der Waals surface area contributed by atoms with Gasteiger partial charge in [-0.3, -0.25) is 0 Å². The van der Waals surface area contributed by atoms with E-state index in [1.807, 2.05) is 18.2 Å². The van der Waals surface area contributed by atoms with E-state index < -0.39 is 6.10 Å². The molecule has 0 amide bonds. The van der Waals surface area contributed by atoms with Crippen molar-refractivity contribution in [1.82, 2.24) is 0 Å². The average molecular weight is 281 g/mol. The van der Waals surface area contributed by atoms with Crippen LogP contribution in [0.5, 0.6) is 11.5 Å². The molecule has 1 aromatic rings. The van der Waals surface area contributed by atoms with Gasteiger partial charge in [-0.05, 0) is 43.4 Å². The normalized spacial score (nSPS) is 12.2. The fraction of sp³-hybridized carbons (Fsp3) is 0.625. The van der Waals surface area contributed by atoms with E-state index in [1.54, 1.807) is 0 Å². The Morgan fingerprint density at radius 3 is 2.35 bits per heavy atom. The summed E-state index contributed by atoms with van der Waals surface area (Å²) in [5.41, 5.74) is 6.55. The molecule has 1 rings (SSSR count). The van der Waals surface area contributed by atoms with Crippen molar-refractivity contribution in [2.45, 2.75) is 45.6 Å². The molecule has 0 spiro atoms. The molecule has 1 unspecified atom stereocenters. The molecular weight excluding hydrogens is 254 g/mol. The van der Waals surface area contributed by atoms with Crippen LogP contribution in [0.3, 0.4) is 0 Å². The maximum absolute atomic E-state index is 9.52. The highest BCUT2D eigenvalue weighted by Crippen LogP contribution is 2.29. The number of aliphatic hydroxyl groups excluding tert-OH is 1. The number of rotatable bonds is 10. The van der Waals surface area contributed by atoms with Crippen LogP contribution >= 0.6 is 0 Å². The van der Waals surface area contributed by atoms with Gasteiger partial charge in [0.1, 0.15) is 0 Å². The van der Waals surface area contributed by atoms with Crippen LogP contribution in [0.1, 0.15) is 38.7 Å². The minimum Gasteiger partial charge on any atom is -0.490 e. The summed E-state index contributed by atoms with van der Waals surface area (Å²) in [5, 5.41) is 9.52. The third kappa shape index (κ3) is 5.80. The van der Waals surface area contributed by atoms with Gasteiger partial charge in [-0.2, -0.15) is 0 Å². The van der Waals surface area contributed by atoms with Crippen LogP contribution in [0.2, 0.25) is 0 Å². The number of hydrogen-bond acceptors (Lipinski definition) is 4. The molecular formula is C16H27NO3. The summed E-state index contributed by atoms with van der Waals surface area (Å²) in [6, 6.07) is 5.97. The van der Waals surface area contributed by atoms with Crippen molar-refractivity contribution in [3.05, 3.63) is 23.8 Å². The minimum atomic E-state index is -0.439. The van der Waals surface area contributed by atoms with Crippen LogP contribution in [0.25, 0.3) is 0 Å². The van der Waals surface area contributed by atoms with E-state index >= 15 is 0 Å². The van der Waals surface area contributed by atoms with E-state index in [-0.39, 0.29) is 0 Å². The first-order chi connectivity index (χ1) is 9.71. The zero-order valence-electron chi connectivity index (χ0n) is 12.6. The Morgan fingerprint density at radius 2 is 1.75 bits per heavy atom. The molecule has 1 atom stereocenters. The van der Waals surface area contributed by atoms with Gasteiger partial charge in [0.25, 0.3) is 0 Å². The van der Waals surface area contributed by atoms with Crippen molar-refractivity contribution in [2.24, 2.45) is 5.73 Å². The summed E-state index contributed by atoms with van der Waals surface area (Å²) in [6.45, 7) is 5.82. The van der Waals surface area contributed by atoms with Gasteiger partial charge in [-0.15, -0.1) is 0 Å². The lowest BCUT2D eigenvalue weighted by Gasteiger charge is -2.14. The molecule has 0 aromatic heterocycles. The lowest BCUT2D eigenvalue weighted by atomic mass is 10.1. The molecule has 114 valence electrons. The minimum absolute atomic E-state index is 0.302. The second-order valence-corrected chi connectivity index (χ2v) is 4.91. The van der Waals surface area contributed by atoms with E-state index in [1.165, 1.54) is 0 Å². The van der Waals surface area contributed by atoms with E-state index in [9.17, 15) is 5.11 Å². The number of hydrogen-bond donors (Lipinski definition) is 2. The standard InChI is InChI=1S/C16H27NO3/c1-3-9-19-15-8-6-13(5-7-14(18)12-17)11-16(15)20-10-4-2/h6,8,11,14,18H,3-5,7,9-10,12,17H2,1-2H3. The van der Waals surface area contributed by atoms with Crippen LogP contribution in [-0.4, -0.2) is 31.0 Å². The highest BCUT2D eigenvalue weighted by Gasteiger charge is 2.08. The molecule has 1 aromatic carbocycles. The molecule has 0 fully saturated rings. The first kappa shape index (κ1) is 16.8. The van der Waals surface area contributed by atoms with Gasteiger partial charge in [0, 0.05) is 6.54 Å². The Hall–Kier alpha value is -1.26. The second kappa shape index (κ2) is 9.61. The molecule has 4 nitrogen and oxygen atoms in total. The predicted molar refractivity (Wildman–Crippen MR) is 81.4 cm³/mol. The maximum Gasteiger partial charge on any atom is 0.161 e. The third-order valence-corrected chi connectivity index (χ3v) is 2.97. The second-order valence-electron chi connectivity index (χ2n) is 4.91. The van der Waals surface area contributed by atoms with Gasteiger partial charge in [0.2, 0.25) is 0 Å². The van der Waals surface area contributed by atoms with Gasteiger partial charge in [0.15, 0.2) is 11.5 Å². The van der Waals surface area contributed by atoms with E-state index in [0.717, 1.165) is 36.3 Å². The molecule has 0 radical (unpaired) electrons. The van der Waals surface area contributed by atoms with Crippen molar-refractivity contribution in [3.8, 4) is 11.5 Å². The molecule has 20 heavy (non-hydrogen) atoms. The summed E-state index contributed by atoms with van der Waals surface area (Å²) >= 11 is 0. The fourth-order valence-corrected chi connectivity index (χ4v) is 1.82. The van der Waals surface area contributed by atoms with Gasteiger partial charge in [-0.25, -0.2) is 0 Å². The SMILES string of the molecule is CCCOc1ccc(CCC(O)CN)cc1OCCC. The number of nitrogens with two attached hydrogens (primary N) is 1. The highest BCUT2D eigenvalue weighted by atomic mass is 16.5. The van der Waals surface area contributed by atoms with Gasteiger partial charge < -0.3 is 20.3 Å². The third-order valence-electron chi connectivity index (χ3n) is 2.97. The van der Waals surface area contributed by atoms with E-state index in [2.05, 4.69) is 13.8 Å². The first-order valence-electron chi connectivity index (χ1n) is 7.47. The molecule has 0 saturated heterocycles. The molecule has 0 aliphatic carbocycles. The number of aliphatic hydroxyl groups is 1. The summed E-state index contributed by atoms with van der Waals surface area (Å²) in [4.78, 5) is 0. The van der Waals surface area contributed by atoms with Gasteiger partial charge in [-0.1, -0.05) is 19.9 Å². The molecule has 3 N–H and O–H groups in total. The zero-order chi connectivity index (χ0) is 14.8. The largest absolute Gasteiger partial charge is 0.490 e. The van der Waals surface area contributed by atoms with Crippen LogP contribution < -0.4 is 15.2 Å². The Balaban J connectivity index is 2.72. The molecule has 4 heteroatoms. The Bertz CT molecular complexity index is 382. The van der Waals surface area contributed by atoms with Crippen LogP contribution in [0.15, 0.2) is 18.2 Å². The number of aryl methyl sites for hydroxylation is 1. The van der Waals surface area contributed by atoms with Crippen LogP contribution in [0.4, 0.5) is 0 Å². The lowest BCUT2D eigenvalue weighted by molar-refractivity contribution is 0.173. The first-order valence-corrected chi connectivity index (χ1v) is 7.47. The average Bonchev–Trinajstić information content (AvgIpc) is 2.49. The van der Waals surface area contributed by atoms with Crippen LogP contribution in [-0.2, 0) is 6.42 Å². The Morgan fingerprint density at radius 1 is 1.10 bits per heavy atom. The lowest BCUT2D eigenvalue weighted by Crippen LogP contribution is -2.20. The molecule has 0 aliphatic heterocycles.